The lowest BCUT2D eigenvalue weighted by atomic mass is 9.72. The van der Waals surface area contributed by atoms with Gasteiger partial charge >= 0.3 is 0 Å². The van der Waals surface area contributed by atoms with Crippen LogP contribution in [0.5, 0.6) is 11.6 Å². The number of alkyl halides is 2. The third kappa shape index (κ3) is 4.26. The van der Waals surface area contributed by atoms with Crippen molar-refractivity contribution in [3.8, 4) is 11.6 Å². The molecule has 2 heterocycles. The summed E-state index contributed by atoms with van der Waals surface area (Å²) in [5, 5.41) is 12.3. The van der Waals surface area contributed by atoms with Crippen LogP contribution < -0.4 is 9.47 Å². The lowest BCUT2D eigenvalue weighted by molar-refractivity contribution is -0.106. The molecule has 3 unspecified atom stereocenters. The van der Waals surface area contributed by atoms with Crippen molar-refractivity contribution < 1.29 is 23.4 Å². The molecule has 0 amide bonds. The highest BCUT2D eigenvalue weighted by molar-refractivity contribution is 6.29. The van der Waals surface area contributed by atoms with Crippen LogP contribution in [0.25, 0.3) is 0 Å². The second-order valence-corrected chi connectivity index (χ2v) is 9.68. The minimum atomic E-state index is -2.58. The zero-order chi connectivity index (χ0) is 25.4. The Labute approximate surface area is 209 Å². The number of fused-ring (bicyclic) bond motifs is 3. The summed E-state index contributed by atoms with van der Waals surface area (Å²) in [5.74, 6) is 0.356. The molecule has 3 aromatic rings. The van der Waals surface area contributed by atoms with E-state index in [1.165, 1.54) is 19.2 Å². The van der Waals surface area contributed by atoms with Crippen molar-refractivity contribution in [1.29, 1.82) is 0 Å². The lowest BCUT2D eigenvalue weighted by Gasteiger charge is -2.40. The molecule has 0 saturated heterocycles. The molecular weight excluding hydrogens is 474 g/mol. The van der Waals surface area contributed by atoms with E-state index in [-0.39, 0.29) is 22.5 Å². The number of ether oxygens (including phenoxy) is 2. The number of nitrogens with zero attached hydrogens (tertiary/aromatic N) is 2. The SMILES string of the molecule is CN(C)C.COc1nc(Cl)cc2c1C1(O)CCC(c3ccccc3)C1(c1ccc(C(F)F)cc1)O2. The second-order valence-electron chi connectivity index (χ2n) is 9.29. The van der Waals surface area contributed by atoms with E-state index in [1.807, 2.05) is 56.4 Å². The highest BCUT2D eigenvalue weighted by atomic mass is 35.5. The van der Waals surface area contributed by atoms with Crippen LogP contribution in [0.1, 0.15) is 47.4 Å². The monoisotopic (exact) mass is 502 g/mol. The Bertz CT molecular complexity index is 1170. The number of pyridine rings is 1. The van der Waals surface area contributed by atoms with E-state index in [1.54, 1.807) is 18.2 Å². The fourth-order valence-electron chi connectivity index (χ4n) is 5.21. The van der Waals surface area contributed by atoms with Crippen LogP contribution in [0.15, 0.2) is 60.7 Å². The maximum Gasteiger partial charge on any atom is 0.263 e. The Morgan fingerprint density at radius 2 is 1.74 bits per heavy atom. The van der Waals surface area contributed by atoms with Gasteiger partial charge in [0.05, 0.1) is 12.7 Å². The Hall–Kier alpha value is -2.74. The highest BCUT2D eigenvalue weighted by Crippen LogP contribution is 2.68. The summed E-state index contributed by atoms with van der Waals surface area (Å²) in [6.07, 6.45) is -1.57. The van der Waals surface area contributed by atoms with Gasteiger partial charge in [0.1, 0.15) is 16.5 Å². The number of methoxy groups -OCH3 is 1. The van der Waals surface area contributed by atoms with Gasteiger partial charge in [0.2, 0.25) is 5.88 Å². The van der Waals surface area contributed by atoms with Crippen LogP contribution in [0.2, 0.25) is 5.15 Å². The van der Waals surface area contributed by atoms with Gasteiger partial charge in [0.25, 0.3) is 6.43 Å². The maximum absolute atomic E-state index is 13.2. The largest absolute Gasteiger partial charge is 0.481 e. The molecule has 8 heteroatoms. The standard InChI is InChI=1S/C24H20ClF2NO3.C3H9N/c1-30-22-20-18(13-19(25)28-22)31-24(16-9-7-15(8-10-16)21(26)27)17(11-12-23(20,24)29)14-5-3-2-4-6-14;1-4(2)3/h2-10,13,17,21,29H,11-12H2,1H3;1-3H3. The molecule has 1 aliphatic heterocycles. The van der Waals surface area contributed by atoms with Crippen LogP contribution in [-0.2, 0) is 11.2 Å². The van der Waals surface area contributed by atoms with Crippen molar-refractivity contribution in [2.75, 3.05) is 28.3 Å². The molecule has 0 radical (unpaired) electrons. The molecule has 1 N–H and O–H groups in total. The van der Waals surface area contributed by atoms with E-state index in [2.05, 4.69) is 4.98 Å². The fourth-order valence-corrected chi connectivity index (χ4v) is 5.39. The van der Waals surface area contributed by atoms with Gasteiger partial charge in [-0.1, -0.05) is 66.2 Å². The summed E-state index contributed by atoms with van der Waals surface area (Å²) in [5.41, 5.74) is -0.761. The zero-order valence-corrected chi connectivity index (χ0v) is 20.9. The number of hydrogen-bond acceptors (Lipinski definition) is 5. The second kappa shape index (κ2) is 9.72. The van der Waals surface area contributed by atoms with E-state index < -0.39 is 17.6 Å². The lowest BCUT2D eigenvalue weighted by Crippen LogP contribution is -2.48. The average molecular weight is 503 g/mol. The van der Waals surface area contributed by atoms with Gasteiger partial charge in [-0.25, -0.2) is 13.8 Å². The van der Waals surface area contributed by atoms with Crippen molar-refractivity contribution in [3.05, 3.63) is 88.1 Å². The topological polar surface area (TPSA) is 54.8 Å². The molecule has 2 aromatic carbocycles. The molecule has 5 rings (SSSR count). The first-order valence-corrected chi connectivity index (χ1v) is 11.7. The number of halogens is 3. The van der Waals surface area contributed by atoms with Crippen LogP contribution >= 0.6 is 11.6 Å². The van der Waals surface area contributed by atoms with Gasteiger partial charge in [-0.15, -0.1) is 0 Å². The molecule has 5 nitrogen and oxygen atoms in total. The van der Waals surface area contributed by atoms with E-state index in [4.69, 9.17) is 21.1 Å². The maximum atomic E-state index is 13.2. The molecule has 0 bridgehead atoms. The highest BCUT2D eigenvalue weighted by Gasteiger charge is 2.69. The van der Waals surface area contributed by atoms with Gasteiger partial charge in [-0.05, 0) is 45.1 Å². The third-order valence-corrected chi connectivity index (χ3v) is 6.68. The number of rotatable bonds is 4. The van der Waals surface area contributed by atoms with E-state index in [9.17, 15) is 13.9 Å². The Balaban J connectivity index is 0.000000672. The van der Waals surface area contributed by atoms with Crippen LogP contribution in [0.3, 0.4) is 0 Å². The molecule has 1 fully saturated rings. The van der Waals surface area contributed by atoms with Crippen molar-refractivity contribution in [3.63, 3.8) is 0 Å². The van der Waals surface area contributed by atoms with Crippen molar-refractivity contribution in [2.45, 2.75) is 36.4 Å². The summed E-state index contributed by atoms with van der Waals surface area (Å²) in [6, 6.07) is 17.3. The van der Waals surface area contributed by atoms with Crippen LogP contribution in [-0.4, -0.2) is 43.2 Å². The summed E-state index contributed by atoms with van der Waals surface area (Å²) >= 11 is 6.17. The van der Waals surface area contributed by atoms with Crippen molar-refractivity contribution in [2.24, 2.45) is 0 Å². The fraction of sp³-hybridized carbons (Fsp3) is 0.370. The van der Waals surface area contributed by atoms with Crippen LogP contribution in [0.4, 0.5) is 8.78 Å². The van der Waals surface area contributed by atoms with Crippen molar-refractivity contribution in [1.82, 2.24) is 9.88 Å². The molecule has 1 aliphatic carbocycles. The summed E-state index contributed by atoms with van der Waals surface area (Å²) < 4.78 is 38.4. The number of aromatic nitrogens is 1. The predicted octanol–water partition coefficient (Wildman–Crippen LogP) is 5.91. The van der Waals surface area contributed by atoms with E-state index in [0.29, 0.717) is 29.7 Å². The molecule has 1 aromatic heterocycles. The van der Waals surface area contributed by atoms with Gasteiger partial charge in [0, 0.05) is 17.5 Å². The minimum Gasteiger partial charge on any atom is -0.481 e. The van der Waals surface area contributed by atoms with Crippen molar-refractivity contribution >= 4 is 11.6 Å². The third-order valence-electron chi connectivity index (χ3n) is 6.49. The molecule has 3 atom stereocenters. The van der Waals surface area contributed by atoms with E-state index in [0.717, 1.165) is 5.56 Å². The smallest absolute Gasteiger partial charge is 0.263 e. The molecule has 0 spiro atoms. The quantitative estimate of drug-likeness (QED) is 0.449. The Morgan fingerprint density at radius 1 is 1.11 bits per heavy atom. The number of aliphatic hydroxyl groups is 1. The molecule has 35 heavy (non-hydrogen) atoms. The summed E-state index contributed by atoms with van der Waals surface area (Å²) in [6.45, 7) is 0. The minimum absolute atomic E-state index is 0.0873. The number of hydrogen-bond donors (Lipinski definition) is 1. The van der Waals surface area contributed by atoms with Gasteiger partial charge in [0.15, 0.2) is 5.60 Å². The first-order chi connectivity index (χ1) is 16.6. The summed E-state index contributed by atoms with van der Waals surface area (Å²) in [4.78, 5) is 6.23. The zero-order valence-electron chi connectivity index (χ0n) is 20.1. The molecule has 2 aliphatic rings. The first kappa shape index (κ1) is 25.4. The van der Waals surface area contributed by atoms with Gasteiger partial charge < -0.3 is 19.5 Å². The first-order valence-electron chi connectivity index (χ1n) is 11.3. The number of benzene rings is 2. The van der Waals surface area contributed by atoms with Gasteiger partial charge in [-0.3, -0.25) is 0 Å². The predicted molar refractivity (Wildman–Crippen MR) is 131 cm³/mol. The summed E-state index contributed by atoms with van der Waals surface area (Å²) in [7, 11) is 7.46. The van der Waals surface area contributed by atoms with Crippen LogP contribution in [0, 0.1) is 0 Å². The molecular formula is C27H29ClF2N2O3. The Morgan fingerprint density at radius 3 is 2.31 bits per heavy atom. The normalized spacial score (nSPS) is 24.5. The molecule has 186 valence electrons. The van der Waals surface area contributed by atoms with E-state index >= 15 is 0 Å². The molecule has 1 saturated carbocycles. The average Bonchev–Trinajstić information content (AvgIpc) is 3.25. The Kier molecular flexibility index (Phi) is 7.04. The van der Waals surface area contributed by atoms with Gasteiger partial charge in [-0.2, -0.15) is 0 Å².